The second kappa shape index (κ2) is 6.41. The Labute approximate surface area is 126 Å². The van der Waals surface area contributed by atoms with Gasteiger partial charge in [-0.3, -0.25) is 0 Å². The number of methoxy groups -OCH3 is 1. The number of nitrogens with zero attached hydrogens (tertiary/aromatic N) is 2. The van der Waals surface area contributed by atoms with Crippen molar-refractivity contribution in [2.75, 3.05) is 7.11 Å². The minimum absolute atomic E-state index is 0.00214. The van der Waals surface area contributed by atoms with Crippen LogP contribution in [0.25, 0.3) is 0 Å². The molecule has 0 fully saturated rings. The summed E-state index contributed by atoms with van der Waals surface area (Å²) in [6, 6.07) is 5.36. The second-order valence-corrected chi connectivity index (χ2v) is 4.74. The van der Waals surface area contributed by atoms with Gasteiger partial charge >= 0.3 is 5.97 Å². The number of hydrogen-bond donors (Lipinski definition) is 1. The van der Waals surface area contributed by atoms with E-state index in [1.807, 2.05) is 6.07 Å². The van der Waals surface area contributed by atoms with Crippen molar-refractivity contribution in [2.24, 2.45) is 0 Å². The van der Waals surface area contributed by atoms with Crippen LogP contribution in [0.4, 0.5) is 0 Å². The van der Waals surface area contributed by atoms with E-state index in [1.165, 1.54) is 0 Å². The first kappa shape index (κ1) is 15.1. The van der Waals surface area contributed by atoms with E-state index in [4.69, 9.17) is 26.0 Å². The molecular weight excluding hydrogens is 296 g/mol. The van der Waals surface area contributed by atoms with Crippen LogP contribution in [0.15, 0.2) is 34.9 Å². The molecule has 2 aromatic rings. The fourth-order valence-electron chi connectivity index (χ4n) is 1.69. The van der Waals surface area contributed by atoms with Crippen molar-refractivity contribution < 1.29 is 19.2 Å². The molecule has 0 aliphatic heterocycles. The molecule has 0 unspecified atom stereocenters. The molecule has 0 saturated carbocycles. The van der Waals surface area contributed by atoms with Gasteiger partial charge in [-0.2, -0.15) is 4.98 Å². The molecule has 0 bridgehead atoms. The Morgan fingerprint density at radius 2 is 2.29 bits per heavy atom. The molecule has 0 saturated heterocycles. The van der Waals surface area contributed by atoms with Crippen LogP contribution < -0.4 is 4.74 Å². The molecule has 0 amide bonds. The van der Waals surface area contributed by atoms with Gasteiger partial charge < -0.3 is 14.4 Å². The molecule has 1 aromatic heterocycles. The molecule has 0 radical (unpaired) electrons. The fourth-order valence-corrected chi connectivity index (χ4v) is 1.97. The van der Waals surface area contributed by atoms with Gasteiger partial charge in [0.2, 0.25) is 5.89 Å². The Morgan fingerprint density at radius 1 is 1.52 bits per heavy atom. The van der Waals surface area contributed by atoms with Crippen LogP contribution in [-0.2, 0) is 17.6 Å². The number of benzene rings is 1. The van der Waals surface area contributed by atoms with E-state index in [9.17, 15) is 4.79 Å². The summed E-state index contributed by atoms with van der Waals surface area (Å²) >= 11 is 6.04. The number of carboxylic acid groups (broad SMARTS) is 1. The first-order valence-electron chi connectivity index (χ1n) is 6.04. The van der Waals surface area contributed by atoms with Crippen LogP contribution in [0.2, 0.25) is 5.02 Å². The summed E-state index contributed by atoms with van der Waals surface area (Å²) in [6.07, 6.45) is 0.443. The third-order valence-electron chi connectivity index (χ3n) is 2.76. The number of aromatic nitrogens is 2. The lowest BCUT2D eigenvalue weighted by atomic mass is 10.1. The van der Waals surface area contributed by atoms with Crippen molar-refractivity contribution in [1.82, 2.24) is 10.1 Å². The predicted molar refractivity (Wildman–Crippen MR) is 75.6 cm³/mol. The molecule has 0 spiro atoms. The molecule has 0 atom stereocenters. The number of halogens is 1. The van der Waals surface area contributed by atoms with Crippen LogP contribution in [-0.4, -0.2) is 28.3 Å². The topological polar surface area (TPSA) is 85.5 Å². The maximum atomic E-state index is 10.7. The summed E-state index contributed by atoms with van der Waals surface area (Å²) in [4.78, 5) is 14.8. The van der Waals surface area contributed by atoms with E-state index in [-0.39, 0.29) is 17.9 Å². The Balaban J connectivity index is 2.07. The highest BCUT2D eigenvalue weighted by molar-refractivity contribution is 6.32. The molecular formula is C14H13ClN2O4. The van der Waals surface area contributed by atoms with Gasteiger partial charge in [0, 0.05) is 12.0 Å². The number of hydrogen-bond acceptors (Lipinski definition) is 5. The number of carbonyl (C=O) groups is 1. The lowest BCUT2D eigenvalue weighted by Crippen LogP contribution is -2.02. The van der Waals surface area contributed by atoms with Crippen LogP contribution in [0, 0.1) is 0 Å². The first-order chi connectivity index (χ1) is 9.99. The Bertz CT molecular complexity index is 681. The smallest absolute Gasteiger partial charge is 0.331 e. The predicted octanol–water partition coefficient (Wildman–Crippen LogP) is 2.51. The Hall–Kier alpha value is -2.34. The first-order valence-corrected chi connectivity index (χ1v) is 6.42. The second-order valence-electron chi connectivity index (χ2n) is 4.34. The highest BCUT2D eigenvalue weighted by atomic mass is 35.5. The number of rotatable bonds is 6. The summed E-state index contributed by atoms with van der Waals surface area (Å²) in [5.41, 5.74) is 0.892. The Morgan fingerprint density at radius 3 is 2.90 bits per heavy atom. The third-order valence-corrected chi connectivity index (χ3v) is 3.05. The summed E-state index contributed by atoms with van der Waals surface area (Å²) in [5, 5.41) is 13.0. The normalized spacial score (nSPS) is 10.4. The van der Waals surface area contributed by atoms with E-state index in [1.54, 1.807) is 19.2 Å². The van der Waals surface area contributed by atoms with Gasteiger partial charge in [0.15, 0.2) is 5.82 Å². The average Bonchev–Trinajstić information content (AvgIpc) is 2.86. The van der Waals surface area contributed by atoms with Crippen molar-refractivity contribution in [3.63, 3.8) is 0 Å². The zero-order chi connectivity index (χ0) is 15.4. The van der Waals surface area contributed by atoms with Crippen LogP contribution in [0.1, 0.15) is 17.3 Å². The van der Waals surface area contributed by atoms with Crippen LogP contribution >= 0.6 is 11.6 Å². The van der Waals surface area contributed by atoms with Gasteiger partial charge in [0.05, 0.1) is 18.6 Å². The molecule has 7 heteroatoms. The molecule has 1 heterocycles. The van der Waals surface area contributed by atoms with Gasteiger partial charge in [-0.1, -0.05) is 29.4 Å². The molecule has 2 rings (SSSR count). The van der Waals surface area contributed by atoms with Gasteiger partial charge in [0.1, 0.15) is 5.75 Å². The van der Waals surface area contributed by atoms with E-state index < -0.39 is 5.97 Å². The van der Waals surface area contributed by atoms with E-state index in [0.717, 1.165) is 5.56 Å². The van der Waals surface area contributed by atoms with Crippen molar-refractivity contribution in [2.45, 2.75) is 12.8 Å². The molecule has 6 nitrogen and oxygen atoms in total. The van der Waals surface area contributed by atoms with Crippen molar-refractivity contribution in [3.8, 4) is 5.75 Å². The van der Waals surface area contributed by atoms with Gasteiger partial charge in [-0.15, -0.1) is 0 Å². The van der Waals surface area contributed by atoms with Crippen molar-refractivity contribution in [1.29, 1.82) is 0 Å². The molecule has 21 heavy (non-hydrogen) atoms. The lowest BCUT2D eigenvalue weighted by Gasteiger charge is -2.04. The third kappa shape index (κ3) is 3.82. The van der Waals surface area contributed by atoms with Gasteiger partial charge in [-0.05, 0) is 17.7 Å². The van der Waals surface area contributed by atoms with Gasteiger partial charge in [0.25, 0.3) is 0 Å². The molecule has 0 aliphatic rings. The largest absolute Gasteiger partial charge is 0.495 e. The number of carboxylic acids is 1. The molecule has 1 aromatic carbocycles. The average molecular weight is 309 g/mol. The number of aliphatic carboxylic acids is 1. The highest BCUT2D eigenvalue weighted by Crippen LogP contribution is 2.25. The zero-order valence-corrected chi connectivity index (χ0v) is 12.1. The number of ether oxygens (including phenoxy) is 1. The van der Waals surface area contributed by atoms with Crippen molar-refractivity contribution in [3.05, 3.63) is 52.7 Å². The van der Waals surface area contributed by atoms with Crippen LogP contribution in [0.5, 0.6) is 5.75 Å². The van der Waals surface area contributed by atoms with Gasteiger partial charge in [-0.25, -0.2) is 4.79 Å². The maximum Gasteiger partial charge on any atom is 0.331 e. The van der Waals surface area contributed by atoms with Crippen LogP contribution in [0.3, 0.4) is 0 Å². The quantitative estimate of drug-likeness (QED) is 0.825. The van der Waals surface area contributed by atoms with Crippen molar-refractivity contribution >= 4 is 17.6 Å². The molecule has 1 N–H and O–H groups in total. The lowest BCUT2D eigenvalue weighted by molar-refractivity contribution is -0.132. The molecule has 110 valence electrons. The summed E-state index contributed by atoms with van der Waals surface area (Å²) < 4.78 is 10.1. The van der Waals surface area contributed by atoms with E-state index in [0.29, 0.717) is 23.0 Å². The summed E-state index contributed by atoms with van der Waals surface area (Å²) in [5.74, 6) is 0.171. The standard InChI is InChI=1S/C14H13ClN2O4/c1-8(14(18)19)5-13-16-12(17-21-13)7-9-3-4-11(20-2)10(15)6-9/h3-4,6H,1,5,7H2,2H3,(H,18,19). The molecule has 0 aliphatic carbocycles. The minimum atomic E-state index is -1.09. The summed E-state index contributed by atoms with van der Waals surface area (Å²) in [7, 11) is 1.54. The Kier molecular flexibility index (Phi) is 4.59. The maximum absolute atomic E-state index is 10.7. The minimum Gasteiger partial charge on any atom is -0.495 e. The van der Waals surface area contributed by atoms with E-state index in [2.05, 4.69) is 16.7 Å². The monoisotopic (exact) mass is 308 g/mol. The summed E-state index contributed by atoms with van der Waals surface area (Å²) in [6.45, 7) is 3.41. The highest BCUT2D eigenvalue weighted by Gasteiger charge is 2.12. The van der Waals surface area contributed by atoms with E-state index >= 15 is 0 Å². The SMILES string of the molecule is C=C(Cc1nc(Cc2ccc(OC)c(Cl)c2)no1)C(=O)O. The fraction of sp³-hybridized carbons (Fsp3) is 0.214. The zero-order valence-electron chi connectivity index (χ0n) is 11.3.